The van der Waals surface area contributed by atoms with Crippen molar-refractivity contribution >= 4 is 40.0 Å². The van der Waals surface area contributed by atoms with E-state index in [9.17, 15) is 14.0 Å². The molecule has 0 unspecified atom stereocenters. The number of thioether (sulfide) groups is 1. The molecule has 0 bridgehead atoms. The second kappa shape index (κ2) is 10.5. The van der Waals surface area contributed by atoms with Crippen molar-refractivity contribution in [3.05, 3.63) is 72.1 Å². The van der Waals surface area contributed by atoms with Crippen LogP contribution in [0.2, 0.25) is 0 Å². The van der Waals surface area contributed by atoms with Crippen LogP contribution in [-0.2, 0) is 16.1 Å². The van der Waals surface area contributed by atoms with E-state index in [1.807, 2.05) is 0 Å². The first kappa shape index (κ1) is 23.5. The molecule has 3 heterocycles. The molecule has 0 saturated heterocycles. The topological polar surface area (TPSA) is 99.2 Å². The predicted octanol–water partition coefficient (Wildman–Crippen LogP) is 5.11. The molecule has 1 aromatic carbocycles. The first-order chi connectivity index (χ1) is 16.5. The number of hydrogen-bond donors (Lipinski definition) is 1. The number of ether oxygens (including phenoxy) is 1. The lowest BCUT2D eigenvalue weighted by molar-refractivity contribution is -0.113. The maximum absolute atomic E-state index is 13.3. The number of nitrogens with one attached hydrogen (secondary N) is 1. The van der Waals surface area contributed by atoms with Gasteiger partial charge in [0.1, 0.15) is 16.4 Å². The van der Waals surface area contributed by atoms with E-state index >= 15 is 0 Å². The fourth-order valence-corrected chi connectivity index (χ4v) is 4.89. The molecule has 4 aromatic rings. The number of thiophene rings is 1. The van der Waals surface area contributed by atoms with Crippen molar-refractivity contribution in [2.45, 2.75) is 11.7 Å². The number of carbonyl (C=O) groups is 2. The lowest BCUT2D eigenvalue weighted by atomic mass is 10.0. The number of benzene rings is 1. The van der Waals surface area contributed by atoms with E-state index in [1.54, 1.807) is 46.6 Å². The second-order valence-corrected chi connectivity index (χ2v) is 8.69. The number of methoxy groups -OCH3 is 1. The highest BCUT2D eigenvalue weighted by molar-refractivity contribution is 7.99. The van der Waals surface area contributed by atoms with E-state index in [1.165, 1.54) is 42.3 Å². The summed E-state index contributed by atoms with van der Waals surface area (Å²) in [4.78, 5) is 25.2. The Hall–Kier alpha value is -3.70. The van der Waals surface area contributed by atoms with Gasteiger partial charge >= 0.3 is 5.97 Å². The van der Waals surface area contributed by atoms with Crippen molar-refractivity contribution in [2.75, 3.05) is 18.2 Å². The number of anilines is 1. The minimum atomic E-state index is -0.600. The summed E-state index contributed by atoms with van der Waals surface area (Å²) in [5.74, 6) is -0.211. The molecule has 0 spiro atoms. The maximum Gasteiger partial charge on any atom is 0.341 e. The predicted molar refractivity (Wildman–Crippen MR) is 128 cm³/mol. The third-order valence-electron chi connectivity index (χ3n) is 4.69. The van der Waals surface area contributed by atoms with Crippen molar-refractivity contribution < 1.29 is 23.1 Å². The van der Waals surface area contributed by atoms with Gasteiger partial charge in [0.05, 0.1) is 19.1 Å². The summed E-state index contributed by atoms with van der Waals surface area (Å²) < 4.78 is 25.4. The SMILES string of the molecule is C=CCn1c(SCC(=O)Nc2scc(-c3ccc(F)cc3)c2C(=O)OC)nnc1-c1ccco1. The van der Waals surface area contributed by atoms with Crippen LogP contribution >= 0.6 is 23.1 Å². The number of halogens is 1. The van der Waals surface area contributed by atoms with Crippen molar-refractivity contribution in [2.24, 2.45) is 0 Å². The fourth-order valence-electron chi connectivity index (χ4n) is 3.17. The summed E-state index contributed by atoms with van der Waals surface area (Å²) in [6.45, 7) is 4.19. The molecule has 0 atom stereocenters. The third-order valence-corrected chi connectivity index (χ3v) is 6.55. The molecule has 0 aliphatic heterocycles. The summed E-state index contributed by atoms with van der Waals surface area (Å²) in [6, 6.07) is 9.26. The van der Waals surface area contributed by atoms with Crippen molar-refractivity contribution in [1.29, 1.82) is 0 Å². The van der Waals surface area contributed by atoms with Crippen LogP contribution in [0.4, 0.5) is 9.39 Å². The van der Waals surface area contributed by atoms with Gasteiger partial charge in [-0.3, -0.25) is 9.36 Å². The Kier molecular flexibility index (Phi) is 7.24. The van der Waals surface area contributed by atoms with Gasteiger partial charge in [-0.05, 0) is 29.8 Å². The van der Waals surface area contributed by atoms with Crippen molar-refractivity contribution in [1.82, 2.24) is 14.8 Å². The summed E-state index contributed by atoms with van der Waals surface area (Å²) in [5, 5.41) is 13.7. The highest BCUT2D eigenvalue weighted by atomic mass is 32.2. The van der Waals surface area contributed by atoms with Gasteiger partial charge in [-0.2, -0.15) is 0 Å². The monoisotopic (exact) mass is 498 g/mol. The number of carbonyl (C=O) groups excluding carboxylic acids is 2. The first-order valence-electron chi connectivity index (χ1n) is 9.98. The molecule has 11 heteroatoms. The third kappa shape index (κ3) is 4.95. The Morgan fingerprint density at radius 3 is 2.76 bits per heavy atom. The molecule has 0 saturated carbocycles. The van der Waals surface area contributed by atoms with Crippen LogP contribution in [-0.4, -0.2) is 39.5 Å². The molecule has 1 amide bonds. The van der Waals surface area contributed by atoms with Gasteiger partial charge in [0.2, 0.25) is 11.7 Å². The lowest BCUT2D eigenvalue weighted by Gasteiger charge is -2.08. The lowest BCUT2D eigenvalue weighted by Crippen LogP contribution is -2.16. The van der Waals surface area contributed by atoms with E-state index in [-0.39, 0.29) is 23.0 Å². The zero-order valence-corrected chi connectivity index (χ0v) is 19.6. The van der Waals surface area contributed by atoms with E-state index < -0.39 is 5.97 Å². The number of allylic oxidation sites excluding steroid dienone is 1. The van der Waals surface area contributed by atoms with Gasteiger partial charge in [-0.25, -0.2) is 9.18 Å². The molecule has 3 aromatic heterocycles. The second-order valence-electron chi connectivity index (χ2n) is 6.87. The van der Waals surface area contributed by atoms with E-state index in [0.29, 0.717) is 39.4 Å². The Labute approximate surface area is 202 Å². The summed E-state index contributed by atoms with van der Waals surface area (Å²) in [5.41, 5.74) is 1.40. The summed E-state index contributed by atoms with van der Waals surface area (Å²) in [7, 11) is 1.26. The van der Waals surface area contributed by atoms with Gasteiger partial charge in [-0.1, -0.05) is 30.0 Å². The van der Waals surface area contributed by atoms with Gasteiger partial charge in [0.25, 0.3) is 0 Å². The number of furan rings is 1. The number of amides is 1. The van der Waals surface area contributed by atoms with Crippen LogP contribution in [0.5, 0.6) is 0 Å². The van der Waals surface area contributed by atoms with Gasteiger partial charge in [0, 0.05) is 17.5 Å². The molecular formula is C23H19FN4O4S2. The van der Waals surface area contributed by atoms with Crippen LogP contribution in [0, 0.1) is 5.82 Å². The van der Waals surface area contributed by atoms with Crippen LogP contribution in [0.3, 0.4) is 0 Å². The van der Waals surface area contributed by atoms with Crippen LogP contribution in [0.1, 0.15) is 10.4 Å². The van der Waals surface area contributed by atoms with Crippen molar-refractivity contribution in [3.8, 4) is 22.7 Å². The normalized spacial score (nSPS) is 10.8. The molecule has 0 fully saturated rings. The number of aromatic nitrogens is 3. The van der Waals surface area contributed by atoms with Gasteiger partial charge in [0.15, 0.2) is 10.9 Å². The average molecular weight is 499 g/mol. The van der Waals surface area contributed by atoms with E-state index in [0.717, 1.165) is 0 Å². The van der Waals surface area contributed by atoms with Gasteiger partial charge < -0.3 is 14.5 Å². The number of rotatable bonds is 9. The number of hydrogen-bond acceptors (Lipinski definition) is 8. The van der Waals surface area contributed by atoms with E-state index in [4.69, 9.17) is 9.15 Å². The smallest absolute Gasteiger partial charge is 0.341 e. The number of esters is 1. The van der Waals surface area contributed by atoms with Crippen LogP contribution in [0.15, 0.2) is 70.3 Å². The number of nitrogens with zero attached hydrogens (tertiary/aromatic N) is 3. The zero-order valence-electron chi connectivity index (χ0n) is 18.0. The zero-order chi connectivity index (χ0) is 24.1. The quantitative estimate of drug-likeness (QED) is 0.194. The molecule has 1 N–H and O–H groups in total. The summed E-state index contributed by atoms with van der Waals surface area (Å²) in [6.07, 6.45) is 3.24. The molecule has 8 nitrogen and oxygen atoms in total. The standard InChI is InChI=1S/C23H19FN4O4S2/c1-3-10-28-20(17-5-4-11-32-17)26-27-23(28)34-13-18(29)25-21-19(22(30)31-2)16(12-33-21)14-6-8-15(24)9-7-14/h3-9,11-12H,1,10,13H2,2H3,(H,25,29). The molecule has 0 radical (unpaired) electrons. The molecule has 0 aliphatic rings. The first-order valence-corrected chi connectivity index (χ1v) is 11.8. The van der Waals surface area contributed by atoms with E-state index in [2.05, 4.69) is 22.1 Å². The largest absolute Gasteiger partial charge is 0.465 e. The summed E-state index contributed by atoms with van der Waals surface area (Å²) >= 11 is 2.38. The Morgan fingerprint density at radius 1 is 1.29 bits per heavy atom. The molecular weight excluding hydrogens is 479 g/mol. The molecule has 0 aliphatic carbocycles. The molecule has 174 valence electrons. The Morgan fingerprint density at radius 2 is 2.09 bits per heavy atom. The average Bonchev–Trinajstić information content (AvgIpc) is 3.58. The molecule has 34 heavy (non-hydrogen) atoms. The highest BCUT2D eigenvalue weighted by Crippen LogP contribution is 2.36. The van der Waals surface area contributed by atoms with Crippen LogP contribution in [0.25, 0.3) is 22.7 Å². The van der Waals surface area contributed by atoms with Crippen molar-refractivity contribution in [3.63, 3.8) is 0 Å². The molecule has 4 rings (SSSR count). The van der Waals surface area contributed by atoms with Gasteiger partial charge in [-0.15, -0.1) is 28.1 Å². The van der Waals surface area contributed by atoms with Crippen LogP contribution < -0.4 is 5.32 Å². The maximum atomic E-state index is 13.3. The minimum absolute atomic E-state index is 0.0256. The Bertz CT molecular complexity index is 1310. The minimum Gasteiger partial charge on any atom is -0.465 e. The highest BCUT2D eigenvalue weighted by Gasteiger charge is 2.23. The fraction of sp³-hybridized carbons (Fsp3) is 0.130. The Balaban J connectivity index is 1.51.